The Hall–Kier alpha value is -2.58. The first-order valence-corrected chi connectivity index (χ1v) is 10.1. The molecule has 0 aliphatic carbocycles. The van der Waals surface area contributed by atoms with Gasteiger partial charge in [0.25, 0.3) is 0 Å². The van der Waals surface area contributed by atoms with E-state index in [0.29, 0.717) is 5.75 Å². The monoisotopic (exact) mass is 390 g/mol. The van der Waals surface area contributed by atoms with Gasteiger partial charge in [0, 0.05) is 12.2 Å². The highest BCUT2D eigenvalue weighted by molar-refractivity contribution is 7.89. The van der Waals surface area contributed by atoms with E-state index in [2.05, 4.69) is 11.6 Å². The molecule has 1 aliphatic heterocycles. The van der Waals surface area contributed by atoms with Gasteiger partial charge in [-0.1, -0.05) is 19.1 Å². The van der Waals surface area contributed by atoms with Crippen molar-refractivity contribution in [2.45, 2.75) is 24.3 Å². The van der Waals surface area contributed by atoms with Gasteiger partial charge in [0.2, 0.25) is 10.0 Å². The summed E-state index contributed by atoms with van der Waals surface area (Å²) in [7, 11) is -2.19. The third-order valence-electron chi connectivity index (χ3n) is 4.40. The molecule has 1 N–H and O–H groups in total. The molecule has 1 unspecified atom stereocenters. The van der Waals surface area contributed by atoms with Crippen molar-refractivity contribution < 1.29 is 22.7 Å². The molecule has 0 radical (unpaired) electrons. The summed E-state index contributed by atoms with van der Waals surface area (Å²) >= 11 is 0. The third-order valence-corrected chi connectivity index (χ3v) is 5.84. The normalized spacial score (nSPS) is 17.0. The summed E-state index contributed by atoms with van der Waals surface area (Å²) in [5.74, 6) is 0.573. The number of hydrogen-bond donors (Lipinski definition) is 1. The number of nitrogens with one attached hydrogen (secondary N) is 1. The lowest BCUT2D eigenvalue weighted by Crippen LogP contribution is -2.34. The van der Waals surface area contributed by atoms with Crippen LogP contribution in [0.25, 0.3) is 0 Å². The van der Waals surface area contributed by atoms with Crippen molar-refractivity contribution >= 4 is 21.8 Å². The Kier molecular flexibility index (Phi) is 5.67. The number of amides is 1. The molecule has 0 spiro atoms. The summed E-state index contributed by atoms with van der Waals surface area (Å²) in [6.07, 6.45) is -0.121. The minimum Gasteiger partial charge on any atom is -0.497 e. The average molecular weight is 390 g/mol. The molecule has 1 fully saturated rings. The van der Waals surface area contributed by atoms with E-state index in [1.54, 1.807) is 12.1 Å². The van der Waals surface area contributed by atoms with Crippen LogP contribution in [-0.4, -0.2) is 40.8 Å². The number of hydrogen-bond acceptors (Lipinski definition) is 5. The van der Waals surface area contributed by atoms with Crippen molar-refractivity contribution in [1.82, 2.24) is 4.72 Å². The zero-order chi connectivity index (χ0) is 19.4. The highest BCUT2D eigenvalue weighted by Gasteiger charge is 2.33. The first-order chi connectivity index (χ1) is 12.9. The molecule has 2 aromatic rings. The zero-order valence-corrected chi connectivity index (χ0v) is 16.0. The van der Waals surface area contributed by atoms with Crippen LogP contribution in [0.4, 0.5) is 10.5 Å². The van der Waals surface area contributed by atoms with Gasteiger partial charge in [-0.2, -0.15) is 0 Å². The fourth-order valence-electron chi connectivity index (χ4n) is 2.79. The van der Waals surface area contributed by atoms with Gasteiger partial charge in [-0.3, -0.25) is 4.90 Å². The van der Waals surface area contributed by atoms with E-state index < -0.39 is 22.2 Å². The second-order valence-electron chi connectivity index (χ2n) is 6.16. The quantitative estimate of drug-likeness (QED) is 0.785. The Labute approximate surface area is 158 Å². The van der Waals surface area contributed by atoms with Crippen LogP contribution in [-0.2, 0) is 21.2 Å². The number of rotatable bonds is 7. The maximum Gasteiger partial charge on any atom is 0.414 e. The summed E-state index contributed by atoms with van der Waals surface area (Å²) in [5.41, 5.74) is 1.91. The molecule has 8 heteroatoms. The number of sulfonamides is 1. The minimum atomic E-state index is -3.70. The van der Waals surface area contributed by atoms with Crippen molar-refractivity contribution in [3.8, 4) is 5.75 Å². The number of carbonyl (C=O) groups is 1. The molecule has 1 heterocycles. The molecule has 0 aromatic heterocycles. The second-order valence-corrected chi connectivity index (χ2v) is 7.93. The summed E-state index contributed by atoms with van der Waals surface area (Å²) in [6, 6.07) is 13.7. The molecule has 1 aliphatic rings. The molecule has 144 valence electrons. The van der Waals surface area contributed by atoms with Crippen LogP contribution >= 0.6 is 0 Å². The minimum absolute atomic E-state index is 0.00362. The van der Waals surface area contributed by atoms with Crippen molar-refractivity contribution in [3.63, 3.8) is 0 Å². The molecular weight excluding hydrogens is 368 g/mol. The molecule has 2 aromatic carbocycles. The predicted octanol–water partition coefficient (Wildman–Crippen LogP) is 2.56. The van der Waals surface area contributed by atoms with E-state index >= 15 is 0 Å². The maximum atomic E-state index is 12.4. The zero-order valence-electron chi connectivity index (χ0n) is 15.2. The lowest BCUT2D eigenvalue weighted by Gasteiger charge is -2.13. The van der Waals surface area contributed by atoms with Gasteiger partial charge in [0.05, 0.1) is 18.6 Å². The highest BCUT2D eigenvalue weighted by Crippen LogP contribution is 2.22. The van der Waals surface area contributed by atoms with Gasteiger partial charge in [0.1, 0.15) is 11.9 Å². The molecular formula is C19H22N2O5S. The number of methoxy groups -OCH3 is 1. The topological polar surface area (TPSA) is 84.9 Å². The van der Waals surface area contributed by atoms with Crippen LogP contribution in [0.3, 0.4) is 0 Å². The number of anilines is 1. The number of cyclic esters (lactones) is 1. The second kappa shape index (κ2) is 7.98. The first kappa shape index (κ1) is 19.2. The molecule has 1 atom stereocenters. The fraction of sp³-hybridized carbons (Fsp3) is 0.316. The lowest BCUT2D eigenvalue weighted by atomic mass is 10.1. The van der Waals surface area contributed by atoms with E-state index in [1.165, 1.54) is 29.7 Å². The maximum absolute atomic E-state index is 12.4. The number of aryl methyl sites for hydroxylation is 1. The third kappa shape index (κ3) is 4.40. The lowest BCUT2D eigenvalue weighted by molar-refractivity contribution is 0.143. The molecule has 0 bridgehead atoms. The smallest absolute Gasteiger partial charge is 0.414 e. The van der Waals surface area contributed by atoms with Crippen LogP contribution in [0.15, 0.2) is 53.4 Å². The Balaban J connectivity index is 1.62. The summed E-state index contributed by atoms with van der Waals surface area (Å²) < 4.78 is 37.6. The molecule has 1 saturated heterocycles. The van der Waals surface area contributed by atoms with Crippen LogP contribution in [0, 0.1) is 0 Å². The van der Waals surface area contributed by atoms with Crippen LogP contribution in [0.5, 0.6) is 5.75 Å². The molecule has 7 nitrogen and oxygen atoms in total. The van der Waals surface area contributed by atoms with Gasteiger partial charge in [-0.25, -0.2) is 17.9 Å². The largest absolute Gasteiger partial charge is 0.497 e. The number of nitrogens with zero attached hydrogens (tertiary/aromatic N) is 1. The highest BCUT2D eigenvalue weighted by atomic mass is 32.2. The van der Waals surface area contributed by atoms with E-state index in [1.807, 2.05) is 24.3 Å². The standard InChI is InChI=1S/C19H22N2O5S/c1-3-14-4-6-15(7-5-14)21-13-17(26-19(21)22)12-20-27(23,24)18-10-8-16(25-2)9-11-18/h4-11,17,20H,3,12-13H2,1-2H3. The number of ether oxygens (including phenoxy) is 2. The first-order valence-electron chi connectivity index (χ1n) is 8.63. The fourth-order valence-corrected chi connectivity index (χ4v) is 3.86. The Bertz CT molecular complexity index is 895. The van der Waals surface area contributed by atoms with Gasteiger partial charge in [0.15, 0.2) is 0 Å². The van der Waals surface area contributed by atoms with E-state index in [-0.39, 0.29) is 18.0 Å². The van der Waals surface area contributed by atoms with Crippen LogP contribution in [0.2, 0.25) is 0 Å². The molecule has 27 heavy (non-hydrogen) atoms. The SMILES string of the molecule is CCc1ccc(N2CC(CNS(=O)(=O)c3ccc(OC)cc3)OC2=O)cc1. The Morgan fingerprint density at radius 1 is 1.15 bits per heavy atom. The van der Waals surface area contributed by atoms with Crippen molar-refractivity contribution in [1.29, 1.82) is 0 Å². The van der Waals surface area contributed by atoms with Gasteiger partial charge in [-0.05, 0) is 48.4 Å². The van der Waals surface area contributed by atoms with Crippen LogP contribution < -0.4 is 14.4 Å². The Morgan fingerprint density at radius 3 is 2.41 bits per heavy atom. The molecule has 0 saturated carbocycles. The number of benzene rings is 2. The summed E-state index contributed by atoms with van der Waals surface area (Å²) in [6.45, 7) is 2.35. The molecule has 1 amide bonds. The summed E-state index contributed by atoms with van der Waals surface area (Å²) in [5, 5.41) is 0. The van der Waals surface area contributed by atoms with Gasteiger partial charge in [-0.15, -0.1) is 0 Å². The van der Waals surface area contributed by atoms with Crippen molar-refractivity contribution in [2.75, 3.05) is 25.1 Å². The van der Waals surface area contributed by atoms with Gasteiger partial charge >= 0.3 is 6.09 Å². The summed E-state index contributed by atoms with van der Waals surface area (Å²) in [4.78, 5) is 13.7. The van der Waals surface area contributed by atoms with Crippen LogP contribution in [0.1, 0.15) is 12.5 Å². The van der Waals surface area contributed by atoms with E-state index in [4.69, 9.17) is 9.47 Å². The number of carbonyl (C=O) groups excluding carboxylic acids is 1. The Morgan fingerprint density at radius 2 is 1.81 bits per heavy atom. The van der Waals surface area contributed by atoms with Crippen molar-refractivity contribution in [3.05, 3.63) is 54.1 Å². The van der Waals surface area contributed by atoms with Gasteiger partial charge < -0.3 is 9.47 Å². The average Bonchev–Trinajstić information content (AvgIpc) is 3.07. The van der Waals surface area contributed by atoms with Crippen molar-refractivity contribution in [2.24, 2.45) is 0 Å². The van der Waals surface area contributed by atoms with E-state index in [0.717, 1.165) is 12.1 Å². The molecule has 3 rings (SSSR count). The van der Waals surface area contributed by atoms with E-state index in [9.17, 15) is 13.2 Å². The predicted molar refractivity (Wildman–Crippen MR) is 102 cm³/mol.